The summed E-state index contributed by atoms with van der Waals surface area (Å²) in [7, 11) is 1.55. The number of pyridine rings is 1. The number of hydrogen-bond acceptors (Lipinski definition) is 6. The van der Waals surface area contributed by atoms with Crippen molar-refractivity contribution in [2.45, 2.75) is 65.6 Å². The van der Waals surface area contributed by atoms with Gasteiger partial charge in [-0.25, -0.2) is 4.79 Å². The highest BCUT2D eigenvalue weighted by Gasteiger charge is 2.35. The molecule has 0 spiro atoms. The van der Waals surface area contributed by atoms with Crippen molar-refractivity contribution in [2.75, 3.05) is 13.7 Å². The van der Waals surface area contributed by atoms with Gasteiger partial charge in [-0.1, -0.05) is 11.6 Å². The first kappa shape index (κ1) is 23.1. The normalized spacial score (nSPS) is 15.7. The van der Waals surface area contributed by atoms with Gasteiger partial charge in [-0.3, -0.25) is 14.7 Å². The van der Waals surface area contributed by atoms with Crippen LogP contribution < -0.4 is 4.74 Å². The lowest BCUT2D eigenvalue weighted by atomic mass is 9.97. The highest BCUT2D eigenvalue weighted by molar-refractivity contribution is 6.34. The molecule has 0 saturated carbocycles. The Morgan fingerprint density at radius 3 is 2.65 bits per heavy atom. The number of carbonyl (C=O) groups is 2. The predicted octanol–water partition coefficient (Wildman–Crippen LogP) is 5.20. The molecule has 8 heteroatoms. The van der Waals surface area contributed by atoms with Gasteiger partial charge >= 0.3 is 12.1 Å². The minimum Gasteiger partial charge on any atom is -0.495 e. The monoisotopic (exact) mass is 448 g/mol. The number of esters is 1. The zero-order valence-electron chi connectivity index (χ0n) is 18.9. The Labute approximate surface area is 187 Å². The van der Waals surface area contributed by atoms with E-state index in [0.29, 0.717) is 35.9 Å². The zero-order chi connectivity index (χ0) is 22.9. The largest absolute Gasteiger partial charge is 0.495 e. The summed E-state index contributed by atoms with van der Waals surface area (Å²) in [5, 5.41) is 1.29. The maximum absolute atomic E-state index is 12.7. The van der Waals surface area contributed by atoms with Gasteiger partial charge in [-0.2, -0.15) is 0 Å². The summed E-state index contributed by atoms with van der Waals surface area (Å²) in [6, 6.07) is 1.64. The number of rotatable bonds is 5. The molecule has 3 rings (SSSR count). The Morgan fingerprint density at radius 1 is 1.32 bits per heavy atom. The molecule has 0 unspecified atom stereocenters. The summed E-state index contributed by atoms with van der Waals surface area (Å²) >= 11 is 6.59. The van der Waals surface area contributed by atoms with Crippen molar-refractivity contribution in [3.8, 4) is 5.75 Å². The number of fused-ring (bicyclic) bond motifs is 3. The van der Waals surface area contributed by atoms with Gasteiger partial charge in [0.15, 0.2) is 0 Å². The van der Waals surface area contributed by atoms with Crippen molar-refractivity contribution < 1.29 is 23.8 Å². The highest BCUT2D eigenvalue weighted by Crippen LogP contribution is 2.43. The van der Waals surface area contributed by atoms with Crippen LogP contribution in [0.15, 0.2) is 12.3 Å². The fourth-order valence-electron chi connectivity index (χ4n) is 3.89. The van der Waals surface area contributed by atoms with E-state index in [0.717, 1.165) is 22.1 Å². The summed E-state index contributed by atoms with van der Waals surface area (Å²) in [5.41, 5.74) is 2.79. The van der Waals surface area contributed by atoms with Crippen LogP contribution in [0.1, 0.15) is 63.8 Å². The third-order valence-electron chi connectivity index (χ3n) is 5.24. The van der Waals surface area contributed by atoms with Crippen molar-refractivity contribution in [1.82, 2.24) is 9.88 Å². The van der Waals surface area contributed by atoms with Crippen molar-refractivity contribution in [3.63, 3.8) is 0 Å². The number of halogens is 1. The van der Waals surface area contributed by atoms with Crippen LogP contribution in [0.3, 0.4) is 0 Å². The van der Waals surface area contributed by atoms with Crippen molar-refractivity contribution in [3.05, 3.63) is 34.0 Å². The number of aromatic nitrogens is 1. The molecule has 2 heterocycles. The number of aryl methyl sites for hydroxylation is 1. The summed E-state index contributed by atoms with van der Waals surface area (Å²) in [5.74, 6) is 0.214. The lowest BCUT2D eigenvalue weighted by Gasteiger charge is -2.27. The number of carbonyl (C=O) groups excluding carboxylic acids is 2. The van der Waals surface area contributed by atoms with Crippen molar-refractivity contribution >= 4 is 34.6 Å². The highest BCUT2D eigenvalue weighted by atomic mass is 35.5. The number of nitrogens with zero attached hydrogens (tertiary/aromatic N) is 2. The average molecular weight is 449 g/mol. The van der Waals surface area contributed by atoms with E-state index in [4.69, 9.17) is 25.8 Å². The quantitative estimate of drug-likeness (QED) is 0.584. The number of benzene rings is 1. The Bertz CT molecular complexity index is 1020. The first-order valence-electron chi connectivity index (χ1n) is 10.4. The van der Waals surface area contributed by atoms with Crippen LogP contribution in [0, 0.1) is 0 Å². The van der Waals surface area contributed by atoms with Gasteiger partial charge in [0, 0.05) is 23.6 Å². The van der Waals surface area contributed by atoms with Gasteiger partial charge in [0.25, 0.3) is 0 Å². The maximum Gasteiger partial charge on any atom is 0.411 e. The van der Waals surface area contributed by atoms with E-state index in [9.17, 15) is 9.59 Å². The molecular weight excluding hydrogens is 420 g/mol. The number of amides is 1. The lowest BCUT2D eigenvalue weighted by molar-refractivity contribution is -0.143. The van der Waals surface area contributed by atoms with E-state index >= 15 is 0 Å². The SMILES string of the molecule is CCOC(=O)CCc1c(Cl)c(OC)cc2c3c(cnc12)CN(C(=O)OC(C)(C)C)[C@H]3C. The molecule has 1 atom stereocenters. The van der Waals surface area contributed by atoms with Crippen molar-refractivity contribution in [2.24, 2.45) is 0 Å². The van der Waals surface area contributed by atoms with Crippen LogP contribution in [0.25, 0.3) is 10.9 Å². The number of hydrogen-bond donors (Lipinski definition) is 0. The molecular formula is C23H29ClN2O5. The third-order valence-corrected chi connectivity index (χ3v) is 5.66. The summed E-state index contributed by atoms with van der Waals surface area (Å²) in [4.78, 5) is 31.0. The molecule has 0 N–H and O–H groups in total. The molecule has 1 aromatic carbocycles. The smallest absolute Gasteiger partial charge is 0.411 e. The first-order chi connectivity index (χ1) is 14.6. The van der Waals surface area contributed by atoms with Gasteiger partial charge < -0.3 is 14.2 Å². The number of ether oxygens (including phenoxy) is 3. The van der Waals surface area contributed by atoms with Crippen LogP contribution in [0.5, 0.6) is 5.75 Å². The van der Waals surface area contributed by atoms with Crippen LogP contribution in [-0.2, 0) is 27.2 Å². The molecule has 7 nitrogen and oxygen atoms in total. The van der Waals surface area contributed by atoms with E-state index in [1.54, 1.807) is 25.1 Å². The molecule has 0 saturated heterocycles. The fraction of sp³-hybridized carbons (Fsp3) is 0.522. The van der Waals surface area contributed by atoms with E-state index in [1.165, 1.54) is 0 Å². The number of methoxy groups -OCH3 is 1. The molecule has 2 aromatic rings. The van der Waals surface area contributed by atoms with Gasteiger partial charge in [0.05, 0.1) is 36.8 Å². The Kier molecular flexibility index (Phi) is 6.65. The summed E-state index contributed by atoms with van der Waals surface area (Å²) in [6.07, 6.45) is 1.97. The van der Waals surface area contributed by atoms with Gasteiger partial charge in [-0.05, 0) is 58.2 Å². The van der Waals surface area contributed by atoms with E-state index in [-0.39, 0.29) is 24.5 Å². The standard InChI is InChI=1S/C23H29ClN2O5/c1-7-30-18(27)9-8-15-20(24)17(29-6)10-16-19-13(2)26(22(28)31-23(3,4)5)12-14(19)11-25-21(15)16/h10-11,13H,7-9,12H2,1-6H3/t13-/m0/s1. The van der Waals surface area contributed by atoms with Gasteiger partial charge in [0.1, 0.15) is 11.4 Å². The zero-order valence-corrected chi connectivity index (χ0v) is 19.6. The molecule has 0 bridgehead atoms. The van der Waals surface area contributed by atoms with Gasteiger partial charge in [-0.15, -0.1) is 0 Å². The molecule has 1 aliphatic rings. The minimum atomic E-state index is -0.580. The van der Waals surface area contributed by atoms with E-state index < -0.39 is 5.60 Å². The van der Waals surface area contributed by atoms with E-state index in [2.05, 4.69) is 4.98 Å². The molecule has 0 fully saturated rings. The lowest BCUT2D eigenvalue weighted by Crippen LogP contribution is -2.35. The van der Waals surface area contributed by atoms with Gasteiger partial charge in [0.2, 0.25) is 0 Å². The third kappa shape index (κ3) is 4.71. The van der Waals surface area contributed by atoms with Crippen LogP contribution in [0.4, 0.5) is 4.79 Å². The topological polar surface area (TPSA) is 78.0 Å². The summed E-state index contributed by atoms with van der Waals surface area (Å²) in [6.45, 7) is 10.0. The molecule has 1 amide bonds. The van der Waals surface area contributed by atoms with Crippen LogP contribution in [-0.4, -0.2) is 41.3 Å². The molecule has 1 aromatic heterocycles. The minimum absolute atomic E-state index is 0.189. The Hall–Kier alpha value is -2.54. The second-order valence-electron chi connectivity index (χ2n) is 8.55. The van der Waals surface area contributed by atoms with Crippen molar-refractivity contribution in [1.29, 1.82) is 0 Å². The molecule has 168 valence electrons. The molecule has 31 heavy (non-hydrogen) atoms. The van der Waals surface area contributed by atoms with Crippen LogP contribution >= 0.6 is 11.6 Å². The molecule has 0 aliphatic carbocycles. The Morgan fingerprint density at radius 2 is 2.03 bits per heavy atom. The molecule has 0 radical (unpaired) electrons. The maximum atomic E-state index is 12.7. The average Bonchev–Trinajstić information content (AvgIpc) is 3.03. The predicted molar refractivity (Wildman–Crippen MR) is 118 cm³/mol. The summed E-state index contributed by atoms with van der Waals surface area (Å²) < 4.78 is 16.1. The first-order valence-corrected chi connectivity index (χ1v) is 10.8. The Balaban J connectivity index is 2.05. The van der Waals surface area contributed by atoms with Crippen LogP contribution in [0.2, 0.25) is 5.02 Å². The molecule has 1 aliphatic heterocycles. The fourth-order valence-corrected chi connectivity index (χ4v) is 4.21. The second-order valence-corrected chi connectivity index (χ2v) is 8.93. The van der Waals surface area contributed by atoms with E-state index in [1.807, 2.05) is 33.8 Å². The second kappa shape index (κ2) is 8.91.